The predicted molar refractivity (Wildman–Crippen MR) is 62.0 cm³/mol. The van der Waals surface area contributed by atoms with E-state index in [1.54, 1.807) is 0 Å². The summed E-state index contributed by atoms with van der Waals surface area (Å²) in [6.07, 6.45) is 3.49. The van der Waals surface area contributed by atoms with Gasteiger partial charge in [-0.2, -0.15) is 0 Å². The van der Waals surface area contributed by atoms with Gasteiger partial charge in [-0.3, -0.25) is 0 Å². The van der Waals surface area contributed by atoms with Crippen molar-refractivity contribution in [3.05, 3.63) is 0 Å². The minimum Gasteiger partial charge on any atom is -0.389 e. The van der Waals surface area contributed by atoms with Gasteiger partial charge in [-0.1, -0.05) is 6.92 Å². The number of likely N-dealkylation sites (N-methyl/N-ethyl adjacent to an activating group) is 1. The van der Waals surface area contributed by atoms with Crippen molar-refractivity contribution in [1.82, 2.24) is 4.90 Å². The second kappa shape index (κ2) is 5.83. The van der Waals surface area contributed by atoms with Crippen molar-refractivity contribution in [2.45, 2.75) is 38.7 Å². The molecular formula is C12H25NO2. The highest BCUT2D eigenvalue weighted by atomic mass is 16.5. The van der Waals surface area contributed by atoms with Crippen LogP contribution in [0.15, 0.2) is 0 Å². The standard InChI is InChI=1S/C12H25NO2/c1-4-12(2,14)10-13(3)7-8-15-9-11-5-6-11/h11,14H,4-10H2,1-3H3. The van der Waals surface area contributed by atoms with E-state index in [-0.39, 0.29) is 0 Å². The quantitative estimate of drug-likeness (QED) is 0.623. The third-order valence-electron chi connectivity index (χ3n) is 3.04. The van der Waals surface area contributed by atoms with Gasteiger partial charge in [0.1, 0.15) is 0 Å². The summed E-state index contributed by atoms with van der Waals surface area (Å²) < 4.78 is 5.55. The van der Waals surface area contributed by atoms with Gasteiger partial charge in [-0.05, 0) is 39.2 Å². The van der Waals surface area contributed by atoms with Gasteiger partial charge in [0.15, 0.2) is 0 Å². The summed E-state index contributed by atoms with van der Waals surface area (Å²) >= 11 is 0. The van der Waals surface area contributed by atoms with Crippen molar-refractivity contribution in [3.63, 3.8) is 0 Å². The van der Waals surface area contributed by atoms with Crippen molar-refractivity contribution in [2.75, 3.05) is 33.4 Å². The molecule has 0 bridgehead atoms. The molecule has 1 N–H and O–H groups in total. The van der Waals surface area contributed by atoms with E-state index < -0.39 is 5.60 Å². The van der Waals surface area contributed by atoms with Crippen LogP contribution in [0.4, 0.5) is 0 Å². The van der Waals surface area contributed by atoms with Crippen LogP contribution in [0.3, 0.4) is 0 Å². The second-order valence-corrected chi connectivity index (χ2v) is 5.11. The number of nitrogens with zero attached hydrogens (tertiary/aromatic N) is 1. The maximum absolute atomic E-state index is 9.87. The summed E-state index contributed by atoms with van der Waals surface area (Å²) in [5.74, 6) is 0.842. The Morgan fingerprint density at radius 3 is 2.67 bits per heavy atom. The highest BCUT2D eigenvalue weighted by Crippen LogP contribution is 2.28. The monoisotopic (exact) mass is 215 g/mol. The van der Waals surface area contributed by atoms with E-state index in [9.17, 15) is 5.11 Å². The van der Waals surface area contributed by atoms with Gasteiger partial charge in [0.05, 0.1) is 12.2 Å². The minimum atomic E-state index is -0.564. The van der Waals surface area contributed by atoms with Crippen LogP contribution in [0.5, 0.6) is 0 Å². The van der Waals surface area contributed by atoms with E-state index in [4.69, 9.17) is 4.74 Å². The lowest BCUT2D eigenvalue weighted by molar-refractivity contribution is 0.0141. The third-order valence-corrected chi connectivity index (χ3v) is 3.04. The van der Waals surface area contributed by atoms with Gasteiger partial charge in [0.25, 0.3) is 0 Å². The molecule has 3 nitrogen and oxygen atoms in total. The van der Waals surface area contributed by atoms with Gasteiger partial charge < -0.3 is 14.7 Å². The van der Waals surface area contributed by atoms with Crippen LogP contribution < -0.4 is 0 Å². The lowest BCUT2D eigenvalue weighted by Crippen LogP contribution is -2.39. The molecule has 0 aromatic heterocycles. The van der Waals surface area contributed by atoms with E-state index in [0.29, 0.717) is 0 Å². The van der Waals surface area contributed by atoms with Gasteiger partial charge >= 0.3 is 0 Å². The Balaban J connectivity index is 1.99. The first kappa shape index (κ1) is 12.9. The molecule has 15 heavy (non-hydrogen) atoms. The molecule has 0 aromatic rings. The SMILES string of the molecule is CCC(C)(O)CN(C)CCOCC1CC1. The van der Waals surface area contributed by atoms with Crippen LogP contribution in [0, 0.1) is 5.92 Å². The number of ether oxygens (including phenoxy) is 1. The molecule has 0 spiro atoms. The zero-order valence-electron chi connectivity index (χ0n) is 10.3. The first-order chi connectivity index (χ1) is 7.03. The number of aliphatic hydroxyl groups is 1. The molecule has 1 fully saturated rings. The molecule has 0 saturated heterocycles. The predicted octanol–water partition coefficient (Wildman–Crippen LogP) is 1.51. The van der Waals surface area contributed by atoms with Crippen molar-refractivity contribution in [3.8, 4) is 0 Å². The lowest BCUT2D eigenvalue weighted by Gasteiger charge is -2.27. The molecule has 1 unspecified atom stereocenters. The molecule has 0 aromatic carbocycles. The number of rotatable bonds is 8. The number of hydrogen-bond acceptors (Lipinski definition) is 3. The lowest BCUT2D eigenvalue weighted by atomic mass is 10.0. The van der Waals surface area contributed by atoms with E-state index >= 15 is 0 Å². The largest absolute Gasteiger partial charge is 0.389 e. The van der Waals surface area contributed by atoms with Crippen LogP contribution in [0.1, 0.15) is 33.1 Å². The zero-order chi connectivity index (χ0) is 11.3. The van der Waals surface area contributed by atoms with Crippen LogP contribution >= 0.6 is 0 Å². The molecule has 90 valence electrons. The Kier molecular flexibility index (Phi) is 5.03. The third kappa shape index (κ3) is 6.13. The Morgan fingerprint density at radius 2 is 2.13 bits per heavy atom. The first-order valence-corrected chi connectivity index (χ1v) is 6.02. The molecule has 1 saturated carbocycles. The second-order valence-electron chi connectivity index (χ2n) is 5.11. The van der Waals surface area contributed by atoms with Crippen molar-refractivity contribution in [1.29, 1.82) is 0 Å². The molecule has 1 rings (SSSR count). The van der Waals surface area contributed by atoms with Crippen molar-refractivity contribution >= 4 is 0 Å². The fourth-order valence-corrected chi connectivity index (χ4v) is 1.53. The van der Waals surface area contributed by atoms with Gasteiger partial charge in [-0.15, -0.1) is 0 Å². The highest BCUT2D eigenvalue weighted by molar-refractivity contribution is 4.74. The summed E-state index contributed by atoms with van der Waals surface area (Å²) in [6, 6.07) is 0. The fourth-order valence-electron chi connectivity index (χ4n) is 1.53. The molecule has 3 heteroatoms. The van der Waals surface area contributed by atoms with Crippen molar-refractivity contribution in [2.24, 2.45) is 5.92 Å². The molecule has 1 atom stereocenters. The normalized spacial score (nSPS) is 20.6. The maximum atomic E-state index is 9.87. The fraction of sp³-hybridized carbons (Fsp3) is 1.00. The first-order valence-electron chi connectivity index (χ1n) is 6.02. The molecular weight excluding hydrogens is 190 g/mol. The summed E-state index contributed by atoms with van der Waals surface area (Å²) in [4.78, 5) is 2.14. The van der Waals surface area contributed by atoms with E-state index in [1.807, 2.05) is 20.9 Å². The molecule has 0 aliphatic heterocycles. The Labute approximate surface area is 93.4 Å². The molecule has 0 radical (unpaired) electrons. The van der Waals surface area contributed by atoms with Crippen LogP contribution in [-0.2, 0) is 4.74 Å². The Morgan fingerprint density at radius 1 is 1.47 bits per heavy atom. The topological polar surface area (TPSA) is 32.7 Å². The van der Waals surface area contributed by atoms with Gasteiger partial charge in [0, 0.05) is 19.7 Å². The van der Waals surface area contributed by atoms with Crippen LogP contribution in [0.25, 0.3) is 0 Å². The van der Waals surface area contributed by atoms with E-state index in [1.165, 1.54) is 12.8 Å². The molecule has 0 heterocycles. The Bertz CT molecular complexity index is 178. The van der Waals surface area contributed by atoms with Crippen molar-refractivity contribution < 1.29 is 9.84 Å². The van der Waals surface area contributed by atoms with E-state index in [2.05, 4.69) is 4.90 Å². The molecule has 1 aliphatic carbocycles. The van der Waals surface area contributed by atoms with Gasteiger partial charge in [0.2, 0.25) is 0 Å². The summed E-state index contributed by atoms with van der Waals surface area (Å²) in [7, 11) is 2.03. The maximum Gasteiger partial charge on any atom is 0.0743 e. The Hall–Kier alpha value is -0.120. The summed E-state index contributed by atoms with van der Waals surface area (Å²) in [5, 5.41) is 9.87. The average Bonchev–Trinajstić information content (AvgIpc) is 2.95. The molecule has 0 amide bonds. The summed E-state index contributed by atoms with van der Waals surface area (Å²) in [5.41, 5.74) is -0.564. The zero-order valence-corrected chi connectivity index (χ0v) is 10.3. The minimum absolute atomic E-state index is 0.564. The average molecular weight is 215 g/mol. The molecule has 1 aliphatic rings. The van der Waals surface area contributed by atoms with Gasteiger partial charge in [-0.25, -0.2) is 0 Å². The van der Waals surface area contributed by atoms with Crippen LogP contribution in [-0.4, -0.2) is 49.0 Å². The highest BCUT2D eigenvalue weighted by Gasteiger charge is 2.22. The number of hydrogen-bond donors (Lipinski definition) is 1. The summed E-state index contributed by atoms with van der Waals surface area (Å²) in [6.45, 7) is 7.23. The van der Waals surface area contributed by atoms with Crippen LogP contribution in [0.2, 0.25) is 0 Å². The smallest absolute Gasteiger partial charge is 0.0743 e. The van der Waals surface area contributed by atoms with E-state index in [0.717, 1.165) is 38.6 Å².